The summed E-state index contributed by atoms with van der Waals surface area (Å²) in [5, 5.41) is 9.62. The minimum Gasteiger partial charge on any atom is -0.391 e. The van der Waals surface area contributed by atoms with Gasteiger partial charge in [-0.2, -0.15) is 0 Å². The Morgan fingerprint density at radius 3 is 2.18 bits per heavy atom. The van der Waals surface area contributed by atoms with Crippen molar-refractivity contribution in [2.75, 3.05) is 0 Å². The van der Waals surface area contributed by atoms with E-state index in [9.17, 15) is 18.3 Å². The van der Waals surface area contributed by atoms with E-state index >= 15 is 0 Å². The molecule has 6 heteroatoms. The van der Waals surface area contributed by atoms with E-state index in [2.05, 4.69) is 0 Å². The number of hydrogen-bond donors (Lipinski definition) is 2. The number of aliphatic hydroxyl groups excluding tert-OH is 1. The molecule has 0 fully saturated rings. The van der Waals surface area contributed by atoms with E-state index in [1.54, 1.807) is 13.8 Å². The fourth-order valence-corrected chi connectivity index (χ4v) is 1.42. The molecule has 3 N–H and O–H groups in total. The Balaban J connectivity index is 0.00000256. The lowest BCUT2D eigenvalue weighted by molar-refractivity contribution is 0.0962. The van der Waals surface area contributed by atoms with Crippen molar-refractivity contribution in [3.63, 3.8) is 0 Å². The number of halogens is 4. The van der Waals surface area contributed by atoms with Gasteiger partial charge in [-0.15, -0.1) is 12.4 Å². The summed E-state index contributed by atoms with van der Waals surface area (Å²) in [5.74, 6) is -3.67. The van der Waals surface area contributed by atoms with Crippen LogP contribution < -0.4 is 5.73 Å². The fraction of sp³-hybridized carbons (Fsp3) is 0.455. The number of hydrogen-bond acceptors (Lipinski definition) is 2. The highest BCUT2D eigenvalue weighted by molar-refractivity contribution is 5.85. The predicted octanol–water partition coefficient (Wildman–Crippen LogP) is 2.54. The Labute approximate surface area is 104 Å². The van der Waals surface area contributed by atoms with Crippen LogP contribution in [-0.4, -0.2) is 11.2 Å². The molecule has 0 aliphatic heterocycles. The van der Waals surface area contributed by atoms with E-state index in [1.807, 2.05) is 0 Å². The standard InChI is InChI=1S/C11H14F3NO.ClH/c1-5(2)11(16)10(15)7-3-6(12)4-8(13)9(7)14;/h3-5,10-11,16H,15H2,1-2H3;1H/t10-,11+;/m1./s1. The summed E-state index contributed by atoms with van der Waals surface area (Å²) in [6.45, 7) is 3.36. The molecule has 0 aliphatic carbocycles. The largest absolute Gasteiger partial charge is 0.391 e. The van der Waals surface area contributed by atoms with Crippen molar-refractivity contribution in [3.8, 4) is 0 Å². The third kappa shape index (κ3) is 3.59. The van der Waals surface area contributed by atoms with Gasteiger partial charge in [-0.1, -0.05) is 13.8 Å². The van der Waals surface area contributed by atoms with Crippen LogP contribution in [0.25, 0.3) is 0 Å². The van der Waals surface area contributed by atoms with Crippen LogP contribution in [0.3, 0.4) is 0 Å². The minimum atomic E-state index is -1.30. The minimum absolute atomic E-state index is 0. The second-order valence-corrected chi connectivity index (χ2v) is 4.05. The summed E-state index contributed by atoms with van der Waals surface area (Å²) in [5.41, 5.74) is 5.21. The maximum absolute atomic E-state index is 13.3. The van der Waals surface area contributed by atoms with Gasteiger partial charge in [-0.3, -0.25) is 0 Å². The van der Waals surface area contributed by atoms with Gasteiger partial charge in [-0.05, 0) is 12.0 Å². The highest BCUT2D eigenvalue weighted by Gasteiger charge is 2.25. The van der Waals surface area contributed by atoms with Gasteiger partial charge in [0.25, 0.3) is 0 Å². The lowest BCUT2D eigenvalue weighted by atomic mass is 9.94. The molecule has 0 saturated heterocycles. The van der Waals surface area contributed by atoms with Crippen molar-refractivity contribution in [1.82, 2.24) is 0 Å². The van der Waals surface area contributed by atoms with E-state index in [4.69, 9.17) is 5.73 Å². The van der Waals surface area contributed by atoms with Crippen molar-refractivity contribution in [2.45, 2.75) is 26.0 Å². The summed E-state index contributed by atoms with van der Waals surface area (Å²) in [7, 11) is 0. The molecule has 0 aliphatic rings. The normalized spacial score (nSPS) is 14.4. The van der Waals surface area contributed by atoms with E-state index in [-0.39, 0.29) is 23.9 Å². The zero-order valence-electron chi connectivity index (χ0n) is 9.45. The van der Waals surface area contributed by atoms with E-state index in [0.29, 0.717) is 6.07 Å². The highest BCUT2D eigenvalue weighted by Crippen LogP contribution is 2.24. The molecule has 0 radical (unpaired) electrons. The van der Waals surface area contributed by atoms with Crippen LogP contribution >= 0.6 is 12.4 Å². The molecule has 0 amide bonds. The molecule has 0 saturated carbocycles. The van der Waals surface area contributed by atoms with Crippen LogP contribution in [0.15, 0.2) is 12.1 Å². The molecule has 2 atom stereocenters. The summed E-state index contributed by atoms with van der Waals surface area (Å²) >= 11 is 0. The van der Waals surface area contributed by atoms with Crippen LogP contribution in [-0.2, 0) is 0 Å². The topological polar surface area (TPSA) is 46.2 Å². The number of benzene rings is 1. The molecular weight excluding hydrogens is 255 g/mol. The molecular formula is C11H15ClF3NO. The third-order valence-electron chi connectivity index (χ3n) is 2.43. The van der Waals surface area contributed by atoms with Gasteiger partial charge in [0.05, 0.1) is 12.1 Å². The summed E-state index contributed by atoms with van der Waals surface area (Å²) < 4.78 is 39.1. The van der Waals surface area contributed by atoms with Crippen LogP contribution in [0.5, 0.6) is 0 Å². The lowest BCUT2D eigenvalue weighted by Crippen LogP contribution is -2.31. The molecule has 1 aromatic carbocycles. The number of aliphatic hydroxyl groups is 1. The van der Waals surface area contributed by atoms with Crippen LogP contribution in [0.4, 0.5) is 13.2 Å². The summed E-state index contributed by atoms with van der Waals surface area (Å²) in [6.07, 6.45) is -1.06. The molecule has 1 rings (SSSR count). The van der Waals surface area contributed by atoms with Crippen LogP contribution in [0.1, 0.15) is 25.5 Å². The van der Waals surface area contributed by atoms with Crippen molar-refractivity contribution in [3.05, 3.63) is 35.1 Å². The Morgan fingerprint density at radius 2 is 1.71 bits per heavy atom. The molecule has 17 heavy (non-hydrogen) atoms. The molecule has 0 spiro atoms. The number of nitrogens with two attached hydrogens (primary N) is 1. The average molecular weight is 270 g/mol. The van der Waals surface area contributed by atoms with E-state index < -0.39 is 29.6 Å². The molecule has 0 unspecified atom stereocenters. The van der Waals surface area contributed by atoms with Gasteiger partial charge in [0.15, 0.2) is 11.6 Å². The first-order chi connectivity index (χ1) is 7.34. The first-order valence-corrected chi connectivity index (χ1v) is 4.92. The first-order valence-electron chi connectivity index (χ1n) is 4.92. The van der Waals surface area contributed by atoms with Crippen LogP contribution in [0, 0.1) is 23.4 Å². The Hall–Kier alpha value is -0.780. The lowest BCUT2D eigenvalue weighted by Gasteiger charge is -2.22. The Morgan fingerprint density at radius 1 is 1.18 bits per heavy atom. The first kappa shape index (κ1) is 16.2. The zero-order chi connectivity index (χ0) is 12.5. The number of rotatable bonds is 3. The van der Waals surface area contributed by atoms with E-state index in [0.717, 1.165) is 6.07 Å². The van der Waals surface area contributed by atoms with Crippen molar-refractivity contribution < 1.29 is 18.3 Å². The maximum Gasteiger partial charge on any atom is 0.163 e. The smallest absolute Gasteiger partial charge is 0.163 e. The quantitative estimate of drug-likeness (QED) is 0.829. The molecule has 1 aromatic rings. The third-order valence-corrected chi connectivity index (χ3v) is 2.43. The molecule has 2 nitrogen and oxygen atoms in total. The zero-order valence-corrected chi connectivity index (χ0v) is 10.3. The highest BCUT2D eigenvalue weighted by atomic mass is 35.5. The predicted molar refractivity (Wildman–Crippen MR) is 61.3 cm³/mol. The van der Waals surface area contributed by atoms with Gasteiger partial charge in [0.1, 0.15) is 5.82 Å². The van der Waals surface area contributed by atoms with Gasteiger partial charge in [-0.25, -0.2) is 13.2 Å². The van der Waals surface area contributed by atoms with E-state index in [1.165, 1.54) is 0 Å². The van der Waals surface area contributed by atoms with Crippen LogP contribution in [0.2, 0.25) is 0 Å². The SMILES string of the molecule is CC(C)[C@H](O)[C@H](N)c1cc(F)cc(F)c1F.Cl. The average Bonchev–Trinajstić information content (AvgIpc) is 2.21. The van der Waals surface area contributed by atoms with Crippen molar-refractivity contribution >= 4 is 12.4 Å². The van der Waals surface area contributed by atoms with Crippen molar-refractivity contribution in [2.24, 2.45) is 11.7 Å². The molecule has 0 aromatic heterocycles. The monoisotopic (exact) mass is 269 g/mol. The summed E-state index contributed by atoms with van der Waals surface area (Å²) in [6, 6.07) is 0.0901. The second kappa shape index (κ2) is 6.23. The van der Waals surface area contributed by atoms with Crippen molar-refractivity contribution in [1.29, 1.82) is 0 Å². The van der Waals surface area contributed by atoms with Gasteiger partial charge in [0, 0.05) is 11.6 Å². The summed E-state index contributed by atoms with van der Waals surface area (Å²) in [4.78, 5) is 0. The van der Waals surface area contributed by atoms with Gasteiger partial charge < -0.3 is 10.8 Å². The Kier molecular flexibility index (Phi) is 5.95. The molecule has 98 valence electrons. The molecule has 0 bridgehead atoms. The maximum atomic E-state index is 13.3. The Bertz CT molecular complexity index is 387. The van der Waals surface area contributed by atoms with Gasteiger partial charge >= 0.3 is 0 Å². The second-order valence-electron chi connectivity index (χ2n) is 4.05. The molecule has 0 heterocycles. The van der Waals surface area contributed by atoms with Gasteiger partial charge in [0.2, 0.25) is 0 Å². The fourth-order valence-electron chi connectivity index (χ4n) is 1.42.